The summed E-state index contributed by atoms with van der Waals surface area (Å²) in [5, 5.41) is 13.7. The molecule has 35 heavy (non-hydrogen) atoms. The van der Waals surface area contributed by atoms with Gasteiger partial charge < -0.3 is 15.6 Å². The first-order valence-corrected chi connectivity index (χ1v) is 13.2. The van der Waals surface area contributed by atoms with Crippen LogP contribution >= 0.6 is 0 Å². The number of hydrogen-bond acceptors (Lipinski definition) is 8. The minimum Gasteiger partial charge on any atom is -0.377 e. The number of nitrogens with two attached hydrogens (primary N) is 1. The lowest BCUT2D eigenvalue weighted by Gasteiger charge is -2.21. The number of aromatic nitrogens is 2. The summed E-state index contributed by atoms with van der Waals surface area (Å²) in [7, 11) is 0.176. The summed E-state index contributed by atoms with van der Waals surface area (Å²) in [5.74, 6) is 0.436. The van der Waals surface area contributed by atoms with E-state index in [1.807, 2.05) is 43.3 Å². The Bertz CT molecular complexity index is 1320. The lowest BCUT2D eigenvalue weighted by molar-refractivity contribution is 0.453. The van der Waals surface area contributed by atoms with E-state index in [9.17, 15) is 8.42 Å². The fourth-order valence-electron chi connectivity index (χ4n) is 4.42. The van der Waals surface area contributed by atoms with Gasteiger partial charge in [0.25, 0.3) is 0 Å². The first-order valence-electron chi connectivity index (χ1n) is 11.7. The zero-order valence-electron chi connectivity index (χ0n) is 20.1. The molecule has 0 aliphatic carbocycles. The molecular weight excluding hydrogens is 464 g/mol. The molecular formula is C24H32N8O2S. The maximum Gasteiger partial charge on any atom is 0.241 e. The molecule has 0 saturated carbocycles. The van der Waals surface area contributed by atoms with Gasteiger partial charge in [0.05, 0.1) is 17.3 Å². The number of sulfonamides is 1. The van der Waals surface area contributed by atoms with E-state index in [0.29, 0.717) is 17.8 Å². The Morgan fingerprint density at radius 3 is 2.57 bits per heavy atom. The fraction of sp³-hybridized carbons (Fsp3) is 0.417. The minimum atomic E-state index is -3.71. The van der Waals surface area contributed by atoms with Crippen molar-refractivity contribution >= 4 is 38.6 Å². The Kier molecular flexibility index (Phi) is 7.46. The molecule has 0 saturated heterocycles. The molecule has 0 bridgehead atoms. The molecule has 1 aliphatic rings. The Morgan fingerprint density at radius 2 is 1.86 bits per heavy atom. The second-order valence-corrected chi connectivity index (χ2v) is 10.8. The number of rotatable bonds is 12. The van der Waals surface area contributed by atoms with Crippen molar-refractivity contribution in [3.05, 3.63) is 48.3 Å². The molecule has 0 radical (unpaired) electrons. The predicted molar refractivity (Wildman–Crippen MR) is 139 cm³/mol. The SMILES string of the molecule is CN(C)c1cccc2c(S(=O)(=O)NCCC3(CCCCCc4cnc(N)[nH]4)C=NN=N3)cccc12. The van der Waals surface area contributed by atoms with Crippen molar-refractivity contribution in [2.75, 3.05) is 31.3 Å². The molecule has 2 heterocycles. The van der Waals surface area contributed by atoms with Crippen LogP contribution in [0.5, 0.6) is 0 Å². The molecule has 0 fully saturated rings. The van der Waals surface area contributed by atoms with Gasteiger partial charge in [-0.1, -0.05) is 37.1 Å². The van der Waals surface area contributed by atoms with Crippen LogP contribution in [0.2, 0.25) is 0 Å². The molecule has 4 rings (SSSR count). The number of unbranched alkanes of at least 4 members (excludes halogenated alkanes) is 2. The van der Waals surface area contributed by atoms with Gasteiger partial charge in [-0.05, 0) is 43.0 Å². The van der Waals surface area contributed by atoms with E-state index < -0.39 is 15.6 Å². The van der Waals surface area contributed by atoms with E-state index in [4.69, 9.17) is 5.73 Å². The summed E-state index contributed by atoms with van der Waals surface area (Å²) in [5.41, 5.74) is 7.04. The lowest BCUT2D eigenvalue weighted by Crippen LogP contribution is -2.34. The monoisotopic (exact) mass is 496 g/mol. The maximum atomic E-state index is 13.2. The summed E-state index contributed by atoms with van der Waals surface area (Å²) in [6.45, 7) is 0.241. The molecule has 1 unspecified atom stereocenters. The minimum absolute atomic E-state index is 0.241. The highest BCUT2D eigenvalue weighted by atomic mass is 32.2. The fourth-order valence-corrected chi connectivity index (χ4v) is 5.67. The first-order chi connectivity index (χ1) is 16.8. The van der Waals surface area contributed by atoms with Crippen LogP contribution in [0.1, 0.15) is 37.8 Å². The second kappa shape index (κ2) is 10.5. The van der Waals surface area contributed by atoms with Gasteiger partial charge in [-0.3, -0.25) is 0 Å². The smallest absolute Gasteiger partial charge is 0.241 e. The molecule has 0 spiro atoms. The maximum absolute atomic E-state index is 13.2. The first kappa shape index (κ1) is 24.8. The number of nitrogens with zero attached hydrogens (tertiary/aromatic N) is 5. The van der Waals surface area contributed by atoms with Crippen LogP contribution in [0.3, 0.4) is 0 Å². The number of H-pyrrole nitrogens is 1. The number of nitrogens with one attached hydrogen (secondary N) is 2. The highest BCUT2D eigenvalue weighted by Gasteiger charge is 2.31. The Balaban J connectivity index is 1.35. The average molecular weight is 497 g/mol. The molecule has 10 nitrogen and oxygen atoms in total. The quantitative estimate of drug-likeness (QED) is 0.326. The number of fused-ring (bicyclic) bond motifs is 1. The largest absolute Gasteiger partial charge is 0.377 e. The molecule has 186 valence electrons. The van der Waals surface area contributed by atoms with Crippen LogP contribution in [-0.4, -0.2) is 50.8 Å². The molecule has 4 N–H and O–H groups in total. The standard InChI is InChI=1S/C24H32N8O2S/c1-32(2)21-11-6-10-20-19(21)9-7-12-22(20)35(33,34)28-15-14-24(17-27-31-30-24)13-5-3-4-8-18-16-26-23(25)29-18/h6-7,9-12,16-17,28H,3-5,8,13-15H2,1-2H3,(H3,25,26,29). The van der Waals surface area contributed by atoms with E-state index in [1.165, 1.54) is 0 Å². The topological polar surface area (TPSA) is 141 Å². The van der Waals surface area contributed by atoms with Crippen LogP contribution < -0.4 is 15.4 Å². The van der Waals surface area contributed by atoms with Crippen LogP contribution in [0, 0.1) is 0 Å². The number of anilines is 2. The molecule has 11 heteroatoms. The van der Waals surface area contributed by atoms with Gasteiger partial charge >= 0.3 is 0 Å². The van der Waals surface area contributed by atoms with Gasteiger partial charge in [0.2, 0.25) is 10.0 Å². The number of aromatic amines is 1. The summed E-state index contributed by atoms with van der Waals surface area (Å²) in [6.07, 6.45) is 8.55. The molecule has 3 aromatic rings. The van der Waals surface area contributed by atoms with Gasteiger partial charge in [-0.15, -0.1) is 5.10 Å². The predicted octanol–water partition coefficient (Wildman–Crippen LogP) is 3.87. The van der Waals surface area contributed by atoms with Gasteiger partial charge in [0, 0.05) is 42.8 Å². The normalized spacial score (nSPS) is 17.4. The Morgan fingerprint density at radius 1 is 1.06 bits per heavy atom. The average Bonchev–Trinajstić information content (AvgIpc) is 3.47. The molecule has 2 aromatic carbocycles. The molecule has 1 aliphatic heterocycles. The highest BCUT2D eigenvalue weighted by molar-refractivity contribution is 7.89. The van der Waals surface area contributed by atoms with Crippen molar-refractivity contribution in [1.29, 1.82) is 0 Å². The zero-order chi connectivity index (χ0) is 24.9. The van der Waals surface area contributed by atoms with Crippen molar-refractivity contribution in [2.24, 2.45) is 15.4 Å². The Hall–Kier alpha value is -3.31. The highest BCUT2D eigenvalue weighted by Crippen LogP contribution is 2.31. The van der Waals surface area contributed by atoms with Gasteiger partial charge in [-0.2, -0.15) is 5.11 Å². The number of aryl methyl sites for hydroxylation is 1. The zero-order valence-corrected chi connectivity index (χ0v) is 20.9. The van der Waals surface area contributed by atoms with Gasteiger partial charge in [0.15, 0.2) is 5.95 Å². The van der Waals surface area contributed by atoms with Crippen molar-refractivity contribution in [2.45, 2.75) is 49.0 Å². The molecule has 0 amide bonds. The van der Waals surface area contributed by atoms with E-state index in [2.05, 4.69) is 30.1 Å². The van der Waals surface area contributed by atoms with Gasteiger partial charge in [-0.25, -0.2) is 18.1 Å². The second-order valence-electron chi connectivity index (χ2n) is 9.06. The van der Waals surface area contributed by atoms with Crippen LogP contribution in [0.4, 0.5) is 11.6 Å². The van der Waals surface area contributed by atoms with Crippen molar-refractivity contribution in [3.8, 4) is 0 Å². The lowest BCUT2D eigenvalue weighted by atomic mass is 9.91. The summed E-state index contributed by atoms with van der Waals surface area (Å²) in [6, 6.07) is 11.1. The van der Waals surface area contributed by atoms with E-state index in [1.54, 1.807) is 24.5 Å². The number of benzene rings is 2. The van der Waals surface area contributed by atoms with E-state index in [0.717, 1.165) is 48.9 Å². The third-order valence-corrected chi connectivity index (χ3v) is 7.80. The van der Waals surface area contributed by atoms with E-state index >= 15 is 0 Å². The molecule has 1 atom stereocenters. The van der Waals surface area contributed by atoms with Crippen molar-refractivity contribution in [1.82, 2.24) is 14.7 Å². The summed E-state index contributed by atoms with van der Waals surface area (Å²) in [4.78, 5) is 9.30. The van der Waals surface area contributed by atoms with E-state index in [-0.39, 0.29) is 11.4 Å². The van der Waals surface area contributed by atoms with Crippen molar-refractivity contribution in [3.63, 3.8) is 0 Å². The molecule has 1 aromatic heterocycles. The van der Waals surface area contributed by atoms with Crippen LogP contribution in [0.15, 0.2) is 62.9 Å². The third-order valence-electron chi connectivity index (χ3n) is 6.28. The number of nitrogen functional groups attached to an aromatic ring is 1. The van der Waals surface area contributed by atoms with Crippen LogP contribution in [-0.2, 0) is 16.4 Å². The number of hydrogen-bond donors (Lipinski definition) is 3. The van der Waals surface area contributed by atoms with Crippen molar-refractivity contribution < 1.29 is 8.42 Å². The number of imidazole rings is 1. The van der Waals surface area contributed by atoms with Crippen LogP contribution in [0.25, 0.3) is 10.8 Å². The summed E-state index contributed by atoms with van der Waals surface area (Å²) >= 11 is 0. The third kappa shape index (κ3) is 5.85. The summed E-state index contributed by atoms with van der Waals surface area (Å²) < 4.78 is 29.2. The van der Waals surface area contributed by atoms with Gasteiger partial charge in [0.1, 0.15) is 5.54 Å². The Labute approximate surface area is 205 Å².